The second-order valence-electron chi connectivity index (χ2n) is 3.86. The van der Waals surface area contributed by atoms with Gasteiger partial charge in [-0.3, -0.25) is 0 Å². The molecule has 0 amide bonds. The SMILES string of the molecule is CNCC1CC(C)(C)CO1.Cl. The van der Waals surface area contributed by atoms with Gasteiger partial charge < -0.3 is 10.1 Å². The van der Waals surface area contributed by atoms with Gasteiger partial charge in [-0.1, -0.05) is 13.8 Å². The first-order valence-electron chi connectivity index (χ1n) is 3.90. The fourth-order valence-electron chi connectivity index (χ4n) is 1.44. The minimum atomic E-state index is 0. The van der Waals surface area contributed by atoms with Gasteiger partial charge in [0.25, 0.3) is 0 Å². The van der Waals surface area contributed by atoms with Crippen molar-refractivity contribution in [3.63, 3.8) is 0 Å². The summed E-state index contributed by atoms with van der Waals surface area (Å²) >= 11 is 0. The Morgan fingerprint density at radius 1 is 1.55 bits per heavy atom. The van der Waals surface area contributed by atoms with Crippen LogP contribution in [0.25, 0.3) is 0 Å². The van der Waals surface area contributed by atoms with Crippen LogP contribution in [0, 0.1) is 5.41 Å². The van der Waals surface area contributed by atoms with Crippen LogP contribution in [0.2, 0.25) is 0 Å². The standard InChI is InChI=1S/C8H17NO.ClH/c1-8(2)4-7(5-9-3)10-6-8;/h7,9H,4-6H2,1-3H3;1H. The lowest BCUT2D eigenvalue weighted by Crippen LogP contribution is -2.23. The minimum absolute atomic E-state index is 0. The van der Waals surface area contributed by atoms with Crippen LogP contribution < -0.4 is 5.32 Å². The van der Waals surface area contributed by atoms with Crippen molar-refractivity contribution in [1.29, 1.82) is 0 Å². The summed E-state index contributed by atoms with van der Waals surface area (Å²) < 4.78 is 5.55. The van der Waals surface area contributed by atoms with Gasteiger partial charge >= 0.3 is 0 Å². The van der Waals surface area contributed by atoms with Gasteiger partial charge in [0, 0.05) is 6.54 Å². The highest BCUT2D eigenvalue weighted by molar-refractivity contribution is 5.85. The summed E-state index contributed by atoms with van der Waals surface area (Å²) in [5, 5.41) is 3.12. The number of halogens is 1. The molecule has 3 heteroatoms. The average Bonchev–Trinajstić information content (AvgIpc) is 2.12. The van der Waals surface area contributed by atoms with Crippen molar-refractivity contribution in [2.75, 3.05) is 20.2 Å². The largest absolute Gasteiger partial charge is 0.376 e. The molecule has 1 heterocycles. The number of rotatable bonds is 2. The Morgan fingerprint density at radius 3 is 2.55 bits per heavy atom. The lowest BCUT2D eigenvalue weighted by molar-refractivity contribution is 0.100. The highest BCUT2D eigenvalue weighted by Gasteiger charge is 2.30. The lowest BCUT2D eigenvalue weighted by Gasteiger charge is -2.13. The molecule has 1 rings (SSSR count). The maximum atomic E-state index is 5.55. The molecule has 68 valence electrons. The molecule has 0 aromatic heterocycles. The van der Waals surface area contributed by atoms with E-state index in [1.54, 1.807) is 0 Å². The normalized spacial score (nSPS) is 28.1. The van der Waals surface area contributed by atoms with Gasteiger partial charge in [-0.05, 0) is 18.9 Å². The molecule has 1 N–H and O–H groups in total. The number of ether oxygens (including phenoxy) is 1. The highest BCUT2D eigenvalue weighted by Crippen LogP contribution is 2.30. The van der Waals surface area contributed by atoms with Gasteiger partial charge in [0.15, 0.2) is 0 Å². The monoisotopic (exact) mass is 179 g/mol. The Morgan fingerprint density at radius 2 is 2.18 bits per heavy atom. The van der Waals surface area contributed by atoms with Crippen LogP contribution >= 0.6 is 12.4 Å². The summed E-state index contributed by atoms with van der Waals surface area (Å²) in [5.41, 5.74) is 0.404. The van der Waals surface area contributed by atoms with Gasteiger partial charge in [-0.25, -0.2) is 0 Å². The van der Waals surface area contributed by atoms with E-state index in [2.05, 4.69) is 19.2 Å². The molecule has 0 aromatic rings. The van der Waals surface area contributed by atoms with Crippen molar-refractivity contribution < 1.29 is 4.74 Å². The van der Waals surface area contributed by atoms with Gasteiger partial charge in [0.05, 0.1) is 12.7 Å². The van der Waals surface area contributed by atoms with Crippen molar-refractivity contribution in [3.05, 3.63) is 0 Å². The van der Waals surface area contributed by atoms with E-state index in [0.29, 0.717) is 11.5 Å². The molecule has 1 aliphatic rings. The second kappa shape index (κ2) is 4.29. The first-order chi connectivity index (χ1) is 4.64. The molecule has 11 heavy (non-hydrogen) atoms. The van der Waals surface area contributed by atoms with Gasteiger partial charge in [0.2, 0.25) is 0 Å². The zero-order valence-corrected chi connectivity index (χ0v) is 8.33. The topological polar surface area (TPSA) is 21.3 Å². The van der Waals surface area contributed by atoms with Crippen molar-refractivity contribution >= 4 is 12.4 Å². The Bertz CT molecular complexity index is 117. The maximum Gasteiger partial charge on any atom is 0.0705 e. The second-order valence-corrected chi connectivity index (χ2v) is 3.86. The molecule has 1 fully saturated rings. The molecule has 2 nitrogen and oxygen atoms in total. The van der Waals surface area contributed by atoms with E-state index in [0.717, 1.165) is 13.2 Å². The third kappa shape index (κ3) is 3.41. The molecule has 0 spiro atoms. The predicted octanol–water partition coefficient (Wildman–Crippen LogP) is 1.44. The van der Waals surface area contributed by atoms with E-state index >= 15 is 0 Å². The van der Waals surface area contributed by atoms with Crippen LogP contribution in [-0.4, -0.2) is 26.3 Å². The third-order valence-electron chi connectivity index (χ3n) is 1.92. The summed E-state index contributed by atoms with van der Waals surface area (Å²) in [7, 11) is 1.97. The van der Waals surface area contributed by atoms with E-state index in [9.17, 15) is 0 Å². The number of hydrogen-bond donors (Lipinski definition) is 1. The minimum Gasteiger partial charge on any atom is -0.376 e. The van der Waals surface area contributed by atoms with Crippen molar-refractivity contribution in [3.8, 4) is 0 Å². The van der Waals surface area contributed by atoms with E-state index < -0.39 is 0 Å². The zero-order chi connectivity index (χ0) is 7.61. The molecule has 0 aromatic carbocycles. The van der Waals surface area contributed by atoms with Crippen molar-refractivity contribution in [1.82, 2.24) is 5.32 Å². The maximum absolute atomic E-state index is 5.55. The molecule has 0 bridgehead atoms. The Balaban J connectivity index is 0.000001000. The molecular weight excluding hydrogens is 162 g/mol. The Hall–Kier alpha value is 0.210. The number of likely N-dealkylation sites (N-methyl/N-ethyl adjacent to an activating group) is 1. The van der Waals surface area contributed by atoms with Crippen LogP contribution in [0.15, 0.2) is 0 Å². The first-order valence-corrected chi connectivity index (χ1v) is 3.90. The molecule has 1 atom stereocenters. The van der Waals surface area contributed by atoms with Gasteiger partial charge in [0.1, 0.15) is 0 Å². The molecule has 0 radical (unpaired) electrons. The smallest absolute Gasteiger partial charge is 0.0705 e. The summed E-state index contributed by atoms with van der Waals surface area (Å²) in [4.78, 5) is 0. The molecule has 1 unspecified atom stereocenters. The van der Waals surface area contributed by atoms with E-state index in [1.165, 1.54) is 6.42 Å². The fourth-order valence-corrected chi connectivity index (χ4v) is 1.44. The number of hydrogen-bond acceptors (Lipinski definition) is 2. The van der Waals surface area contributed by atoms with Gasteiger partial charge in [-0.15, -0.1) is 12.4 Å². The molecule has 1 saturated heterocycles. The lowest BCUT2D eigenvalue weighted by atomic mass is 9.91. The number of nitrogens with one attached hydrogen (secondary N) is 1. The highest BCUT2D eigenvalue weighted by atomic mass is 35.5. The Kier molecular flexibility index (Phi) is 4.37. The molecule has 1 aliphatic heterocycles. The zero-order valence-electron chi connectivity index (χ0n) is 7.52. The van der Waals surface area contributed by atoms with E-state index in [-0.39, 0.29) is 12.4 Å². The third-order valence-corrected chi connectivity index (χ3v) is 1.92. The molecule has 0 saturated carbocycles. The fraction of sp³-hybridized carbons (Fsp3) is 1.00. The summed E-state index contributed by atoms with van der Waals surface area (Å²) in [5.74, 6) is 0. The van der Waals surface area contributed by atoms with Crippen molar-refractivity contribution in [2.45, 2.75) is 26.4 Å². The molecule has 0 aliphatic carbocycles. The summed E-state index contributed by atoms with van der Waals surface area (Å²) in [6.07, 6.45) is 1.63. The van der Waals surface area contributed by atoms with E-state index in [4.69, 9.17) is 4.74 Å². The van der Waals surface area contributed by atoms with E-state index in [1.807, 2.05) is 7.05 Å². The van der Waals surface area contributed by atoms with Crippen LogP contribution in [0.5, 0.6) is 0 Å². The van der Waals surface area contributed by atoms with Gasteiger partial charge in [-0.2, -0.15) is 0 Å². The van der Waals surface area contributed by atoms with Crippen LogP contribution in [0.4, 0.5) is 0 Å². The quantitative estimate of drug-likeness (QED) is 0.693. The Labute approximate surface area is 75.1 Å². The average molecular weight is 180 g/mol. The predicted molar refractivity (Wildman–Crippen MR) is 49.3 cm³/mol. The van der Waals surface area contributed by atoms with Crippen LogP contribution in [0.1, 0.15) is 20.3 Å². The summed E-state index contributed by atoms with van der Waals surface area (Å²) in [6.45, 7) is 6.41. The van der Waals surface area contributed by atoms with Crippen LogP contribution in [-0.2, 0) is 4.74 Å². The first kappa shape index (κ1) is 11.2. The van der Waals surface area contributed by atoms with Crippen LogP contribution in [0.3, 0.4) is 0 Å². The molecular formula is C8H18ClNO. The van der Waals surface area contributed by atoms with Crippen molar-refractivity contribution in [2.24, 2.45) is 5.41 Å². The summed E-state index contributed by atoms with van der Waals surface area (Å²) in [6, 6.07) is 0.